The average Bonchev–Trinajstić information content (AvgIpc) is 2.66. The number of carbonyl (C=O) groups excluding carboxylic acids is 2. The molecule has 174 valence electrons. The van der Waals surface area contributed by atoms with Crippen LogP contribution in [0.3, 0.4) is 0 Å². The van der Waals surface area contributed by atoms with Gasteiger partial charge in [0.2, 0.25) is 0 Å². The molecule has 0 radical (unpaired) electrons. The topological polar surface area (TPSA) is 93.1 Å². The van der Waals surface area contributed by atoms with E-state index in [0.29, 0.717) is 25.9 Å². The number of alkyl halides is 1. The molecule has 0 spiro atoms. The maximum atomic E-state index is 11.8. The number of aliphatic hydroxyl groups is 2. The van der Waals surface area contributed by atoms with Gasteiger partial charge in [-0.2, -0.15) is 0 Å². The van der Waals surface area contributed by atoms with Gasteiger partial charge < -0.3 is 19.7 Å². The minimum Gasteiger partial charge on any atom is -0.465 e. The molecule has 3 saturated carbocycles. The number of hydrogen-bond acceptors (Lipinski definition) is 6. The molecule has 9 atom stereocenters. The van der Waals surface area contributed by atoms with Crippen molar-refractivity contribution < 1.29 is 29.3 Å². The lowest BCUT2D eigenvalue weighted by molar-refractivity contribution is -0.253. The normalized spacial score (nSPS) is 46.9. The van der Waals surface area contributed by atoms with Crippen LogP contribution in [0, 0.1) is 28.6 Å². The molecular formula is C24H35BrO6. The third-order valence-electron chi connectivity index (χ3n) is 8.93. The summed E-state index contributed by atoms with van der Waals surface area (Å²) in [6.07, 6.45) is 5.84. The van der Waals surface area contributed by atoms with Gasteiger partial charge in [-0.3, -0.25) is 9.59 Å². The molecule has 0 aliphatic heterocycles. The van der Waals surface area contributed by atoms with Gasteiger partial charge in [0.15, 0.2) is 0 Å². The molecule has 2 N–H and O–H groups in total. The number of ether oxygens (including phenoxy) is 2. The Labute approximate surface area is 192 Å². The first-order valence-corrected chi connectivity index (χ1v) is 12.4. The number of hydrogen-bond donors (Lipinski definition) is 2. The van der Waals surface area contributed by atoms with Gasteiger partial charge in [-0.25, -0.2) is 0 Å². The molecule has 0 aromatic heterocycles. The predicted octanol–water partition coefficient (Wildman–Crippen LogP) is 3.52. The maximum Gasteiger partial charge on any atom is 0.302 e. The fourth-order valence-electron chi connectivity index (χ4n) is 7.16. The highest BCUT2D eigenvalue weighted by Crippen LogP contribution is 2.67. The van der Waals surface area contributed by atoms with Gasteiger partial charge in [0, 0.05) is 25.7 Å². The van der Waals surface area contributed by atoms with Crippen LogP contribution >= 0.6 is 15.9 Å². The first kappa shape index (κ1) is 23.2. The average molecular weight is 499 g/mol. The minimum atomic E-state index is -0.881. The molecule has 0 heterocycles. The van der Waals surface area contributed by atoms with Crippen LogP contribution in [0.1, 0.15) is 66.2 Å². The lowest BCUT2D eigenvalue weighted by Gasteiger charge is -2.66. The molecule has 4 aliphatic carbocycles. The lowest BCUT2D eigenvalue weighted by Crippen LogP contribution is -2.69. The summed E-state index contributed by atoms with van der Waals surface area (Å²) in [5.74, 6) is -0.686. The summed E-state index contributed by atoms with van der Waals surface area (Å²) in [6.45, 7) is 7.51. The van der Waals surface area contributed by atoms with Crippen molar-refractivity contribution in [3.8, 4) is 0 Å². The van der Waals surface area contributed by atoms with E-state index in [0.717, 1.165) is 19.3 Å². The number of halogens is 1. The van der Waals surface area contributed by atoms with Crippen LogP contribution in [-0.4, -0.2) is 51.4 Å². The van der Waals surface area contributed by atoms with Gasteiger partial charge in [-0.1, -0.05) is 41.4 Å². The molecule has 0 bridgehead atoms. The van der Waals surface area contributed by atoms with Gasteiger partial charge in [0.05, 0.1) is 16.5 Å². The second kappa shape index (κ2) is 7.84. The largest absolute Gasteiger partial charge is 0.465 e. The van der Waals surface area contributed by atoms with Gasteiger partial charge in [-0.15, -0.1) is 0 Å². The summed E-state index contributed by atoms with van der Waals surface area (Å²) in [4.78, 5) is 23.0. The van der Waals surface area contributed by atoms with E-state index < -0.39 is 11.7 Å². The number of carbonyl (C=O) groups is 2. The van der Waals surface area contributed by atoms with Crippen molar-refractivity contribution in [2.24, 2.45) is 28.6 Å². The zero-order chi connectivity index (χ0) is 22.8. The smallest absolute Gasteiger partial charge is 0.302 e. The van der Waals surface area contributed by atoms with Crippen LogP contribution in [0.25, 0.3) is 0 Å². The molecule has 9 unspecified atom stereocenters. The SMILES string of the molecule is CC(=O)OCC(Br)C1(C)CC=C2C(C1)C(O)CC1C2(C)CC(OC(C)=O)C2CCC21O. The van der Waals surface area contributed by atoms with Crippen molar-refractivity contribution in [3.05, 3.63) is 11.6 Å². The van der Waals surface area contributed by atoms with Crippen molar-refractivity contribution in [3.63, 3.8) is 0 Å². The van der Waals surface area contributed by atoms with Gasteiger partial charge in [0.25, 0.3) is 0 Å². The Morgan fingerprint density at radius 3 is 2.55 bits per heavy atom. The van der Waals surface area contributed by atoms with E-state index >= 15 is 0 Å². The van der Waals surface area contributed by atoms with Crippen molar-refractivity contribution >= 4 is 27.9 Å². The maximum absolute atomic E-state index is 11.8. The molecule has 0 amide bonds. The molecular weight excluding hydrogens is 464 g/mol. The summed E-state index contributed by atoms with van der Waals surface area (Å²) in [5.41, 5.74) is -0.145. The molecule has 4 rings (SSSR count). The van der Waals surface area contributed by atoms with E-state index in [1.165, 1.54) is 19.4 Å². The highest BCUT2D eigenvalue weighted by atomic mass is 79.9. The Morgan fingerprint density at radius 2 is 1.97 bits per heavy atom. The summed E-state index contributed by atoms with van der Waals surface area (Å²) in [6, 6.07) is 0. The Balaban J connectivity index is 1.64. The van der Waals surface area contributed by atoms with E-state index in [9.17, 15) is 19.8 Å². The molecule has 0 aromatic carbocycles. The number of esters is 2. The van der Waals surface area contributed by atoms with E-state index in [4.69, 9.17) is 9.47 Å². The van der Waals surface area contributed by atoms with Crippen molar-refractivity contribution in [2.45, 2.75) is 88.9 Å². The highest BCUT2D eigenvalue weighted by Gasteiger charge is 2.67. The molecule has 0 saturated heterocycles. The molecule has 6 nitrogen and oxygen atoms in total. The van der Waals surface area contributed by atoms with Gasteiger partial charge >= 0.3 is 11.9 Å². The van der Waals surface area contributed by atoms with Crippen LogP contribution in [0.15, 0.2) is 11.6 Å². The Hall–Kier alpha value is -0.920. The number of allylic oxidation sites excluding steroid dienone is 1. The Morgan fingerprint density at radius 1 is 1.26 bits per heavy atom. The van der Waals surface area contributed by atoms with Crippen molar-refractivity contribution in [1.82, 2.24) is 0 Å². The van der Waals surface area contributed by atoms with E-state index in [1.807, 2.05) is 0 Å². The molecule has 3 fully saturated rings. The summed E-state index contributed by atoms with van der Waals surface area (Å²) in [5, 5.41) is 22.8. The fraction of sp³-hybridized carbons (Fsp3) is 0.833. The van der Waals surface area contributed by atoms with E-state index in [1.54, 1.807) is 0 Å². The monoisotopic (exact) mass is 498 g/mol. The first-order valence-electron chi connectivity index (χ1n) is 11.5. The van der Waals surface area contributed by atoms with Gasteiger partial charge in [0.1, 0.15) is 12.7 Å². The number of fused-ring (bicyclic) bond motifs is 5. The molecule has 4 aliphatic rings. The van der Waals surface area contributed by atoms with E-state index in [-0.39, 0.29) is 51.5 Å². The second-order valence-corrected chi connectivity index (χ2v) is 12.0. The van der Waals surface area contributed by atoms with Crippen LogP contribution in [0.4, 0.5) is 0 Å². The predicted molar refractivity (Wildman–Crippen MR) is 118 cm³/mol. The summed E-state index contributed by atoms with van der Waals surface area (Å²) < 4.78 is 10.9. The van der Waals surface area contributed by atoms with Crippen molar-refractivity contribution in [1.29, 1.82) is 0 Å². The summed E-state index contributed by atoms with van der Waals surface area (Å²) >= 11 is 3.73. The molecule has 7 heteroatoms. The lowest BCUT2D eigenvalue weighted by atomic mass is 9.41. The van der Waals surface area contributed by atoms with E-state index in [2.05, 4.69) is 35.9 Å². The zero-order valence-corrected chi connectivity index (χ0v) is 20.5. The molecule has 0 aromatic rings. The quantitative estimate of drug-likeness (QED) is 0.350. The third-order valence-corrected chi connectivity index (χ3v) is 10.3. The zero-order valence-electron chi connectivity index (χ0n) is 18.9. The first-order chi connectivity index (χ1) is 14.4. The van der Waals surface area contributed by atoms with Crippen molar-refractivity contribution in [2.75, 3.05) is 6.61 Å². The van der Waals surface area contributed by atoms with Crippen LogP contribution in [-0.2, 0) is 19.1 Å². The Bertz CT molecular complexity index is 797. The molecule has 31 heavy (non-hydrogen) atoms. The standard InChI is InChI=1S/C24H35BrO6/c1-13(26)30-12-21(25)22(3)7-5-16-15(10-22)18(28)9-20-23(16,4)11-19(31-14(2)27)17-6-8-24(17,20)29/h5,15,17-21,28-29H,6-12H2,1-4H3. The number of rotatable bonds is 4. The summed E-state index contributed by atoms with van der Waals surface area (Å²) in [7, 11) is 0. The van der Waals surface area contributed by atoms with Crippen LogP contribution < -0.4 is 0 Å². The number of aliphatic hydroxyl groups excluding tert-OH is 1. The van der Waals surface area contributed by atoms with Crippen LogP contribution in [0.2, 0.25) is 0 Å². The fourth-order valence-corrected chi connectivity index (χ4v) is 7.67. The van der Waals surface area contributed by atoms with Gasteiger partial charge in [-0.05, 0) is 55.3 Å². The minimum absolute atomic E-state index is 0.0141. The highest BCUT2D eigenvalue weighted by molar-refractivity contribution is 9.09. The van der Waals surface area contributed by atoms with Crippen LogP contribution in [0.5, 0.6) is 0 Å². The third kappa shape index (κ3) is 3.68. The second-order valence-electron chi connectivity index (χ2n) is 10.9. The Kier molecular flexibility index (Phi) is 5.88.